The highest BCUT2D eigenvalue weighted by molar-refractivity contribution is 7.80. The van der Waals surface area contributed by atoms with E-state index in [1.165, 1.54) is 83.5 Å². The summed E-state index contributed by atoms with van der Waals surface area (Å²) in [6.45, 7) is 2.11. The Labute approximate surface area is 228 Å². The van der Waals surface area contributed by atoms with Crippen molar-refractivity contribution in [3.63, 3.8) is 0 Å². The molecule has 0 heterocycles. The molecule has 0 aliphatic heterocycles. The van der Waals surface area contributed by atoms with Gasteiger partial charge in [0, 0.05) is 12.8 Å². The van der Waals surface area contributed by atoms with Gasteiger partial charge in [-0.2, -0.15) is 12.6 Å². The second-order valence-electron chi connectivity index (χ2n) is 9.75. The lowest BCUT2D eigenvalue weighted by molar-refractivity contribution is -0.160. The number of carbonyl (C=O) groups is 2. The lowest BCUT2D eigenvalue weighted by atomic mass is 10.1. The van der Waals surface area contributed by atoms with Gasteiger partial charge in [-0.15, -0.1) is 0 Å². The molecule has 0 N–H and O–H groups in total. The molecule has 0 aromatic heterocycles. The molecule has 0 aromatic rings. The summed E-state index contributed by atoms with van der Waals surface area (Å²) in [7, 11) is -0.485. The molecule has 8 heteroatoms. The van der Waals surface area contributed by atoms with Gasteiger partial charge in [-0.3, -0.25) is 14.1 Å². The summed E-state index contributed by atoms with van der Waals surface area (Å²) in [5.74, 6) is 0.355. The number of hydrogen-bond donors (Lipinski definition) is 1. The Kier molecular flexibility index (Phi) is 28.4. The van der Waals surface area contributed by atoms with Crippen LogP contribution in [0, 0.1) is 0 Å². The monoisotopic (exact) mass is 548 g/mol. The zero-order valence-corrected chi connectivity index (χ0v) is 24.7. The first-order chi connectivity index (χ1) is 17.6. The molecular formula is C28H53O6PS. The summed E-state index contributed by atoms with van der Waals surface area (Å²) in [6, 6.07) is 0. The van der Waals surface area contributed by atoms with E-state index in [-0.39, 0.29) is 25.2 Å². The highest BCUT2D eigenvalue weighted by atomic mass is 32.1. The smallest absolute Gasteiger partial charge is 0.327 e. The first-order valence-corrected chi connectivity index (χ1v) is 15.9. The lowest BCUT2D eigenvalue weighted by Gasteiger charge is -2.16. The summed E-state index contributed by atoms with van der Waals surface area (Å²) in [5.41, 5.74) is 0. The highest BCUT2D eigenvalue weighted by Gasteiger charge is 2.17. The van der Waals surface area contributed by atoms with Gasteiger partial charge in [0.2, 0.25) is 0 Å². The molecule has 0 aliphatic rings. The fraction of sp³-hybridized carbons (Fsp3) is 0.929. The van der Waals surface area contributed by atoms with Crippen LogP contribution in [0.2, 0.25) is 0 Å². The van der Waals surface area contributed by atoms with Crippen LogP contribution in [0.15, 0.2) is 0 Å². The van der Waals surface area contributed by atoms with Gasteiger partial charge in [0.15, 0.2) is 6.10 Å². The van der Waals surface area contributed by atoms with Crippen LogP contribution in [0.4, 0.5) is 0 Å². The van der Waals surface area contributed by atoms with Gasteiger partial charge < -0.3 is 9.47 Å². The Balaban J connectivity index is 3.82. The van der Waals surface area contributed by atoms with Gasteiger partial charge in [-0.05, 0) is 25.0 Å². The van der Waals surface area contributed by atoms with Crippen molar-refractivity contribution in [1.82, 2.24) is 0 Å². The number of rotatable bonds is 28. The maximum absolute atomic E-state index is 12.2. The minimum atomic E-state index is -0.728. The molecule has 0 saturated carbocycles. The van der Waals surface area contributed by atoms with E-state index >= 15 is 0 Å². The van der Waals surface area contributed by atoms with Gasteiger partial charge in [0.25, 0.3) is 0 Å². The number of ether oxygens (including phenoxy) is 2. The zero-order valence-electron chi connectivity index (χ0n) is 22.9. The molecule has 0 unspecified atom stereocenters. The summed E-state index contributed by atoms with van der Waals surface area (Å²) >= 11 is 4.23. The van der Waals surface area contributed by atoms with Crippen LogP contribution in [-0.4, -0.2) is 37.0 Å². The normalized spacial score (nSPS) is 12.1. The molecule has 0 amide bonds. The van der Waals surface area contributed by atoms with E-state index in [2.05, 4.69) is 19.6 Å². The standard InChI is InChI=1S/C28H53O6PS/c1-2-3-4-5-6-7-9-13-16-19-22-28(30)34-26(25-33-35-31)24-32-27(29)21-18-15-12-10-8-11-14-17-20-23-36/h26,36H,2-25H2,1H3/t26-/m0/s1. The Hall–Kier alpha value is -0.650. The molecule has 6 nitrogen and oxygen atoms in total. The largest absolute Gasteiger partial charge is 0.462 e. The predicted molar refractivity (Wildman–Crippen MR) is 151 cm³/mol. The fourth-order valence-corrected chi connectivity index (χ4v) is 4.56. The van der Waals surface area contributed by atoms with Crippen molar-refractivity contribution in [3.8, 4) is 0 Å². The van der Waals surface area contributed by atoms with Crippen molar-refractivity contribution in [3.05, 3.63) is 0 Å². The third-order valence-corrected chi connectivity index (χ3v) is 6.89. The van der Waals surface area contributed by atoms with E-state index in [0.717, 1.165) is 44.3 Å². The van der Waals surface area contributed by atoms with Crippen LogP contribution in [0.1, 0.15) is 142 Å². The average Bonchev–Trinajstić information content (AvgIpc) is 2.87. The first-order valence-electron chi connectivity index (χ1n) is 14.5. The van der Waals surface area contributed by atoms with Gasteiger partial charge in [0.1, 0.15) is 13.2 Å². The molecule has 0 radical (unpaired) electrons. The average molecular weight is 549 g/mol. The van der Waals surface area contributed by atoms with E-state index in [4.69, 9.17) is 14.0 Å². The second-order valence-corrected chi connectivity index (χ2v) is 10.6. The fourth-order valence-electron chi connectivity index (χ4n) is 4.11. The Morgan fingerprint density at radius 2 is 1.08 bits per heavy atom. The summed E-state index contributed by atoms with van der Waals surface area (Å²) < 4.78 is 26.2. The van der Waals surface area contributed by atoms with Crippen LogP contribution in [0.3, 0.4) is 0 Å². The number of hydrogen-bond acceptors (Lipinski definition) is 7. The van der Waals surface area contributed by atoms with Crippen molar-refractivity contribution in [2.75, 3.05) is 19.0 Å². The Morgan fingerprint density at radius 1 is 0.639 bits per heavy atom. The Bertz CT molecular complexity index is 520. The third kappa shape index (κ3) is 26.4. The molecule has 0 bridgehead atoms. The zero-order chi connectivity index (χ0) is 26.5. The van der Waals surface area contributed by atoms with Crippen molar-refractivity contribution < 1.29 is 28.2 Å². The van der Waals surface area contributed by atoms with E-state index in [1.807, 2.05) is 0 Å². The van der Waals surface area contributed by atoms with E-state index in [0.29, 0.717) is 12.8 Å². The predicted octanol–water partition coefficient (Wildman–Crippen LogP) is 8.81. The molecule has 36 heavy (non-hydrogen) atoms. The quantitative estimate of drug-likeness (QED) is 0.0455. The van der Waals surface area contributed by atoms with Crippen molar-refractivity contribution in [2.45, 2.75) is 148 Å². The van der Waals surface area contributed by atoms with Crippen molar-refractivity contribution >= 4 is 33.3 Å². The van der Waals surface area contributed by atoms with Gasteiger partial charge in [-0.1, -0.05) is 110 Å². The van der Waals surface area contributed by atoms with Crippen molar-refractivity contribution in [1.29, 1.82) is 0 Å². The van der Waals surface area contributed by atoms with Crippen LogP contribution < -0.4 is 0 Å². The third-order valence-electron chi connectivity index (χ3n) is 6.31. The Morgan fingerprint density at radius 3 is 1.56 bits per heavy atom. The van der Waals surface area contributed by atoms with Gasteiger partial charge in [0.05, 0.1) is 0 Å². The maximum Gasteiger partial charge on any atom is 0.327 e. The van der Waals surface area contributed by atoms with E-state index in [1.54, 1.807) is 0 Å². The molecule has 0 aliphatic carbocycles. The first kappa shape index (κ1) is 35.4. The van der Waals surface area contributed by atoms with Crippen LogP contribution in [0.5, 0.6) is 0 Å². The molecule has 212 valence electrons. The molecular weight excluding hydrogens is 495 g/mol. The summed E-state index contributed by atoms with van der Waals surface area (Å²) in [5, 5.41) is 0. The summed E-state index contributed by atoms with van der Waals surface area (Å²) in [4.78, 5) is 24.2. The molecule has 0 rings (SSSR count). The number of unbranched alkanes of at least 4 members (excludes halogenated alkanes) is 17. The minimum Gasteiger partial charge on any atom is -0.462 e. The van der Waals surface area contributed by atoms with Gasteiger partial charge >= 0.3 is 20.6 Å². The molecule has 1 atom stereocenters. The van der Waals surface area contributed by atoms with Crippen molar-refractivity contribution in [2.24, 2.45) is 0 Å². The number of carbonyl (C=O) groups excluding carboxylic acids is 2. The lowest BCUT2D eigenvalue weighted by Crippen LogP contribution is -2.28. The van der Waals surface area contributed by atoms with E-state index < -0.39 is 14.8 Å². The van der Waals surface area contributed by atoms with E-state index in [9.17, 15) is 14.2 Å². The van der Waals surface area contributed by atoms with Crippen LogP contribution >= 0.6 is 21.3 Å². The number of thiol groups is 1. The van der Waals surface area contributed by atoms with Crippen LogP contribution in [-0.2, 0) is 28.2 Å². The number of esters is 2. The van der Waals surface area contributed by atoms with Crippen LogP contribution in [0.25, 0.3) is 0 Å². The molecule has 0 fully saturated rings. The molecule has 0 spiro atoms. The molecule has 0 saturated heterocycles. The second kappa shape index (κ2) is 28.9. The minimum absolute atomic E-state index is 0.0594. The van der Waals surface area contributed by atoms with Gasteiger partial charge in [-0.25, -0.2) is 4.57 Å². The summed E-state index contributed by atoms with van der Waals surface area (Å²) in [6.07, 6.45) is 22.4. The molecule has 0 aromatic carbocycles. The maximum atomic E-state index is 12.2. The SMILES string of the molecule is CCCCCCCCCCCCC(=O)O[C@H](COP=O)COC(=O)CCCCCCCCCCCS. The highest BCUT2D eigenvalue weighted by Crippen LogP contribution is 2.13. The topological polar surface area (TPSA) is 78.9 Å².